The molecule has 0 aliphatic carbocycles. The van der Waals surface area contributed by atoms with E-state index in [1.165, 1.54) is 0 Å². The highest BCUT2D eigenvalue weighted by Gasteiger charge is 2.13. The number of hydrogen-bond donors (Lipinski definition) is 1. The lowest BCUT2D eigenvalue weighted by atomic mass is 10.2. The summed E-state index contributed by atoms with van der Waals surface area (Å²) in [7, 11) is 0. The number of carbonyl (C=O) groups excluding carboxylic acids is 1. The van der Waals surface area contributed by atoms with Gasteiger partial charge in [-0.2, -0.15) is 5.26 Å². The van der Waals surface area contributed by atoms with Crippen LogP contribution in [-0.2, 0) is 9.53 Å². The molecule has 0 amide bonds. The van der Waals surface area contributed by atoms with E-state index in [0.29, 0.717) is 19.4 Å². The second kappa shape index (κ2) is 7.56. The zero-order valence-corrected chi connectivity index (χ0v) is 7.95. The van der Waals surface area contributed by atoms with Crippen molar-refractivity contribution in [3.05, 3.63) is 0 Å². The summed E-state index contributed by atoms with van der Waals surface area (Å²) in [5.41, 5.74) is 5.46. The minimum absolute atomic E-state index is 0.296. The van der Waals surface area contributed by atoms with Gasteiger partial charge in [-0.15, -0.1) is 0 Å². The van der Waals surface area contributed by atoms with Gasteiger partial charge in [-0.1, -0.05) is 13.3 Å². The van der Waals surface area contributed by atoms with E-state index in [-0.39, 0.29) is 0 Å². The van der Waals surface area contributed by atoms with Crippen LogP contribution < -0.4 is 5.73 Å². The summed E-state index contributed by atoms with van der Waals surface area (Å²) in [6.45, 7) is 2.44. The number of rotatable bonds is 6. The summed E-state index contributed by atoms with van der Waals surface area (Å²) < 4.78 is 4.87. The van der Waals surface area contributed by atoms with Crippen molar-refractivity contribution in [1.82, 2.24) is 0 Å². The van der Waals surface area contributed by atoms with Crippen molar-refractivity contribution in [3.63, 3.8) is 0 Å². The smallest absolute Gasteiger partial charge is 0.322 e. The third-order valence-electron chi connectivity index (χ3n) is 1.61. The van der Waals surface area contributed by atoms with E-state index in [4.69, 9.17) is 15.7 Å². The van der Waals surface area contributed by atoms with E-state index in [0.717, 1.165) is 12.8 Å². The fraction of sp³-hybridized carbons (Fsp3) is 0.778. The largest absolute Gasteiger partial charge is 0.465 e. The molecule has 1 atom stereocenters. The molecule has 4 heteroatoms. The molecule has 74 valence electrons. The Morgan fingerprint density at radius 2 is 2.38 bits per heavy atom. The normalized spacial score (nSPS) is 11.8. The van der Waals surface area contributed by atoms with Crippen LogP contribution in [0.25, 0.3) is 0 Å². The standard InChI is InChI=1S/C9H16N2O2/c1-2-3-7-13-9(12)8(11)5-4-6-10/h8H,2-5,7,11H2,1H3. The highest BCUT2D eigenvalue weighted by atomic mass is 16.5. The fourth-order valence-corrected chi connectivity index (χ4v) is 0.762. The summed E-state index contributed by atoms with van der Waals surface area (Å²) >= 11 is 0. The van der Waals surface area contributed by atoms with Crippen LogP contribution in [0.2, 0.25) is 0 Å². The van der Waals surface area contributed by atoms with Crippen LogP contribution in [0.1, 0.15) is 32.6 Å². The first-order valence-corrected chi connectivity index (χ1v) is 4.51. The Balaban J connectivity index is 3.52. The molecule has 0 saturated heterocycles. The Morgan fingerprint density at radius 3 is 2.92 bits per heavy atom. The maximum atomic E-state index is 11.1. The summed E-state index contributed by atoms with van der Waals surface area (Å²) in [5, 5.41) is 8.25. The second-order valence-electron chi connectivity index (χ2n) is 2.82. The van der Waals surface area contributed by atoms with Gasteiger partial charge < -0.3 is 10.5 Å². The zero-order chi connectivity index (χ0) is 10.1. The summed E-state index contributed by atoms with van der Waals surface area (Å²) in [4.78, 5) is 11.1. The van der Waals surface area contributed by atoms with Gasteiger partial charge in [-0.05, 0) is 12.8 Å². The van der Waals surface area contributed by atoms with Crippen molar-refractivity contribution in [1.29, 1.82) is 5.26 Å². The first-order valence-electron chi connectivity index (χ1n) is 4.51. The Labute approximate surface area is 78.7 Å². The van der Waals surface area contributed by atoms with E-state index in [2.05, 4.69) is 0 Å². The molecule has 0 aromatic rings. The van der Waals surface area contributed by atoms with Gasteiger partial charge in [0.2, 0.25) is 0 Å². The van der Waals surface area contributed by atoms with E-state index in [9.17, 15) is 4.79 Å². The highest BCUT2D eigenvalue weighted by Crippen LogP contribution is 1.97. The molecule has 0 saturated carbocycles. The Hall–Kier alpha value is -1.08. The zero-order valence-electron chi connectivity index (χ0n) is 7.95. The molecule has 2 N–H and O–H groups in total. The maximum absolute atomic E-state index is 11.1. The first-order chi connectivity index (χ1) is 6.22. The summed E-state index contributed by atoms with van der Waals surface area (Å²) in [5.74, 6) is -0.399. The van der Waals surface area contributed by atoms with Crippen LogP contribution in [0.15, 0.2) is 0 Å². The lowest BCUT2D eigenvalue weighted by Gasteiger charge is -2.08. The van der Waals surface area contributed by atoms with Gasteiger partial charge in [0.15, 0.2) is 0 Å². The van der Waals surface area contributed by atoms with Gasteiger partial charge >= 0.3 is 5.97 Å². The Bertz CT molecular complexity index is 187. The quantitative estimate of drug-likeness (QED) is 0.492. The number of esters is 1. The molecule has 0 bridgehead atoms. The predicted molar refractivity (Wildman–Crippen MR) is 48.7 cm³/mol. The predicted octanol–water partition coefficient (Wildman–Crippen LogP) is 0.961. The molecule has 0 radical (unpaired) electrons. The summed E-state index contributed by atoms with van der Waals surface area (Å²) in [6, 6.07) is 1.29. The van der Waals surface area contributed by atoms with Crippen molar-refractivity contribution in [2.24, 2.45) is 5.73 Å². The first kappa shape index (κ1) is 11.9. The molecule has 0 fully saturated rings. The van der Waals surface area contributed by atoms with Gasteiger partial charge in [-0.3, -0.25) is 4.79 Å². The number of nitriles is 1. The molecular formula is C9H16N2O2. The number of unbranched alkanes of at least 4 members (excludes halogenated alkanes) is 1. The molecular weight excluding hydrogens is 168 g/mol. The molecule has 0 heterocycles. The molecule has 0 spiro atoms. The lowest BCUT2D eigenvalue weighted by Crippen LogP contribution is -2.32. The van der Waals surface area contributed by atoms with Gasteiger partial charge in [0.25, 0.3) is 0 Å². The average Bonchev–Trinajstić information content (AvgIpc) is 2.14. The molecule has 0 aliphatic rings. The number of carbonyl (C=O) groups is 1. The average molecular weight is 184 g/mol. The van der Waals surface area contributed by atoms with E-state index in [1.54, 1.807) is 0 Å². The van der Waals surface area contributed by atoms with Crippen LogP contribution in [0.4, 0.5) is 0 Å². The SMILES string of the molecule is CCCCOC(=O)C(N)CCC#N. The van der Waals surface area contributed by atoms with Crippen LogP contribution in [0.3, 0.4) is 0 Å². The van der Waals surface area contributed by atoms with Gasteiger partial charge in [0.1, 0.15) is 6.04 Å². The van der Waals surface area contributed by atoms with Crippen molar-refractivity contribution >= 4 is 5.97 Å². The maximum Gasteiger partial charge on any atom is 0.322 e. The molecule has 4 nitrogen and oxygen atoms in total. The molecule has 0 aromatic heterocycles. The van der Waals surface area contributed by atoms with E-state index >= 15 is 0 Å². The third kappa shape index (κ3) is 6.12. The number of nitrogens with zero attached hydrogens (tertiary/aromatic N) is 1. The second-order valence-corrected chi connectivity index (χ2v) is 2.82. The summed E-state index contributed by atoms with van der Waals surface area (Å²) in [6.07, 6.45) is 2.52. The topological polar surface area (TPSA) is 76.1 Å². The highest BCUT2D eigenvalue weighted by molar-refractivity contribution is 5.75. The van der Waals surface area contributed by atoms with Crippen molar-refractivity contribution < 1.29 is 9.53 Å². The number of ether oxygens (including phenoxy) is 1. The monoisotopic (exact) mass is 184 g/mol. The third-order valence-corrected chi connectivity index (χ3v) is 1.61. The van der Waals surface area contributed by atoms with Gasteiger partial charge in [0.05, 0.1) is 12.7 Å². The van der Waals surface area contributed by atoms with Crippen LogP contribution >= 0.6 is 0 Å². The molecule has 0 aliphatic heterocycles. The Kier molecular flexibility index (Phi) is 6.93. The minimum Gasteiger partial charge on any atom is -0.465 e. The molecule has 0 rings (SSSR count). The Morgan fingerprint density at radius 1 is 1.69 bits per heavy atom. The molecule has 0 aromatic carbocycles. The van der Waals surface area contributed by atoms with Crippen LogP contribution in [0.5, 0.6) is 0 Å². The van der Waals surface area contributed by atoms with Gasteiger partial charge in [-0.25, -0.2) is 0 Å². The number of hydrogen-bond acceptors (Lipinski definition) is 4. The van der Waals surface area contributed by atoms with Gasteiger partial charge in [0, 0.05) is 6.42 Å². The van der Waals surface area contributed by atoms with Crippen molar-refractivity contribution in [3.8, 4) is 6.07 Å². The van der Waals surface area contributed by atoms with Crippen LogP contribution in [-0.4, -0.2) is 18.6 Å². The van der Waals surface area contributed by atoms with E-state index < -0.39 is 12.0 Å². The number of nitrogens with two attached hydrogens (primary N) is 1. The van der Waals surface area contributed by atoms with Crippen LogP contribution in [0, 0.1) is 11.3 Å². The van der Waals surface area contributed by atoms with Crippen molar-refractivity contribution in [2.45, 2.75) is 38.6 Å². The molecule has 13 heavy (non-hydrogen) atoms. The fourth-order valence-electron chi connectivity index (χ4n) is 0.762. The minimum atomic E-state index is -0.642. The van der Waals surface area contributed by atoms with Crippen molar-refractivity contribution in [2.75, 3.05) is 6.61 Å². The lowest BCUT2D eigenvalue weighted by molar-refractivity contribution is -0.145. The van der Waals surface area contributed by atoms with E-state index in [1.807, 2.05) is 13.0 Å². The molecule has 1 unspecified atom stereocenters.